The molecule has 2 heteroatoms. The lowest BCUT2D eigenvalue weighted by molar-refractivity contribution is -0.156. The Hall–Kier alpha value is -0.0800. The third-order valence-corrected chi connectivity index (χ3v) is 6.97. The Morgan fingerprint density at radius 1 is 1.00 bits per heavy atom. The van der Waals surface area contributed by atoms with Gasteiger partial charge < -0.3 is 0 Å². The molecule has 2 saturated carbocycles. The number of hydrogen-bond acceptors (Lipinski definition) is 2. The van der Waals surface area contributed by atoms with Crippen LogP contribution in [-0.2, 0) is 0 Å². The normalized spacial score (nSPS) is 60.9. The fourth-order valence-electron chi connectivity index (χ4n) is 6.32. The highest BCUT2D eigenvalue weighted by atomic mass is 15.6. The van der Waals surface area contributed by atoms with Gasteiger partial charge in [0.15, 0.2) is 0 Å². The summed E-state index contributed by atoms with van der Waals surface area (Å²) in [4.78, 5) is 5.83. The zero-order valence-corrected chi connectivity index (χ0v) is 10.9. The van der Waals surface area contributed by atoms with Crippen molar-refractivity contribution in [3.63, 3.8) is 0 Å². The van der Waals surface area contributed by atoms with Crippen LogP contribution < -0.4 is 0 Å². The molecular weight excluding hydrogens is 208 g/mol. The minimum atomic E-state index is 0.684. The van der Waals surface area contributed by atoms with E-state index in [9.17, 15) is 0 Å². The maximum atomic E-state index is 2.92. The van der Waals surface area contributed by atoms with Gasteiger partial charge in [0, 0.05) is 13.1 Å². The topological polar surface area (TPSA) is 6.48 Å². The van der Waals surface area contributed by atoms with Crippen LogP contribution in [0.4, 0.5) is 0 Å². The molecule has 5 aliphatic rings. The highest BCUT2D eigenvalue weighted by Crippen LogP contribution is 2.61. The van der Waals surface area contributed by atoms with Crippen LogP contribution in [0, 0.1) is 23.2 Å². The molecule has 6 atom stereocenters. The van der Waals surface area contributed by atoms with Crippen LogP contribution in [0.25, 0.3) is 0 Å². The van der Waals surface area contributed by atoms with Crippen LogP contribution in [0.3, 0.4) is 0 Å². The van der Waals surface area contributed by atoms with Crippen LogP contribution in [0.15, 0.2) is 0 Å². The summed E-state index contributed by atoms with van der Waals surface area (Å²) in [7, 11) is 0. The first-order chi connectivity index (χ1) is 8.28. The Bertz CT molecular complexity index is 368. The molecule has 0 amide bonds. The highest BCUT2D eigenvalue weighted by molar-refractivity contribution is 5.15. The summed E-state index contributed by atoms with van der Waals surface area (Å²) < 4.78 is 0. The van der Waals surface area contributed by atoms with E-state index in [4.69, 9.17) is 0 Å². The van der Waals surface area contributed by atoms with Gasteiger partial charge in [-0.3, -0.25) is 9.80 Å². The van der Waals surface area contributed by atoms with Crippen molar-refractivity contribution in [2.75, 3.05) is 13.1 Å². The van der Waals surface area contributed by atoms with Crippen molar-refractivity contribution in [3.8, 4) is 0 Å². The van der Waals surface area contributed by atoms with E-state index in [1.807, 2.05) is 0 Å². The molecule has 2 aliphatic carbocycles. The van der Waals surface area contributed by atoms with Crippen molar-refractivity contribution in [1.29, 1.82) is 0 Å². The lowest BCUT2D eigenvalue weighted by Crippen LogP contribution is -2.68. The van der Waals surface area contributed by atoms with E-state index in [0.29, 0.717) is 5.41 Å². The SMILES string of the molecule is C[C@@]12CCC[C@@H]1C1N3C[C@@H]4CCC[C@@H]4C3N1C2. The Kier molecular flexibility index (Phi) is 1.68. The summed E-state index contributed by atoms with van der Waals surface area (Å²) in [5, 5.41) is 0. The number of hydrogen-bond donors (Lipinski definition) is 0. The molecule has 3 saturated heterocycles. The van der Waals surface area contributed by atoms with E-state index in [0.717, 1.165) is 30.1 Å². The standard InChI is InChI=1S/C15H24N2/c1-15-7-3-6-12(15)14-16-8-10-4-2-5-11(10)13(16)17(14)9-15/h10-14H,2-9H2,1H3/t10-,11-,12+,13?,14?,15-/m0/s1. The molecule has 5 fully saturated rings. The van der Waals surface area contributed by atoms with Gasteiger partial charge in [-0.15, -0.1) is 0 Å². The Labute approximate surface area is 104 Å². The fourth-order valence-corrected chi connectivity index (χ4v) is 6.32. The third-order valence-electron chi connectivity index (χ3n) is 6.97. The first kappa shape index (κ1) is 9.80. The van der Waals surface area contributed by atoms with Gasteiger partial charge in [-0.2, -0.15) is 0 Å². The van der Waals surface area contributed by atoms with Crippen molar-refractivity contribution < 1.29 is 0 Å². The average Bonchev–Trinajstić information content (AvgIpc) is 2.93. The fraction of sp³-hybridized carbons (Fsp3) is 1.00. The second kappa shape index (κ2) is 2.91. The van der Waals surface area contributed by atoms with E-state index in [-0.39, 0.29) is 0 Å². The van der Waals surface area contributed by atoms with E-state index < -0.39 is 0 Å². The molecule has 2 nitrogen and oxygen atoms in total. The molecule has 0 bridgehead atoms. The molecule has 5 rings (SSSR count). The summed E-state index contributed by atoms with van der Waals surface area (Å²) in [6.45, 7) is 5.45. The van der Waals surface area contributed by atoms with Crippen molar-refractivity contribution in [2.24, 2.45) is 23.2 Å². The minimum absolute atomic E-state index is 0.684. The predicted octanol–water partition coefficient (Wildman–Crippen LogP) is 2.51. The molecule has 0 aromatic heterocycles. The highest BCUT2D eigenvalue weighted by Gasteiger charge is 2.67. The van der Waals surface area contributed by atoms with Crippen LogP contribution >= 0.6 is 0 Å². The van der Waals surface area contributed by atoms with Crippen LogP contribution in [0.1, 0.15) is 45.4 Å². The second-order valence-electron chi connectivity index (χ2n) is 7.70. The first-order valence-electron chi connectivity index (χ1n) is 7.79. The molecule has 0 aromatic carbocycles. The third kappa shape index (κ3) is 0.986. The molecule has 2 unspecified atom stereocenters. The molecule has 0 radical (unpaired) electrons. The van der Waals surface area contributed by atoms with Gasteiger partial charge >= 0.3 is 0 Å². The summed E-state index contributed by atoms with van der Waals surface area (Å²) in [5.74, 6) is 3.13. The summed E-state index contributed by atoms with van der Waals surface area (Å²) in [6.07, 6.45) is 10.8. The molecule has 94 valence electrons. The molecule has 0 spiro atoms. The van der Waals surface area contributed by atoms with Gasteiger partial charge in [-0.1, -0.05) is 19.8 Å². The Balaban J connectivity index is 1.48. The number of nitrogens with zero attached hydrogens (tertiary/aromatic N) is 2. The van der Waals surface area contributed by atoms with Crippen molar-refractivity contribution in [1.82, 2.24) is 9.80 Å². The minimum Gasteiger partial charge on any atom is -0.271 e. The quantitative estimate of drug-likeness (QED) is 0.633. The van der Waals surface area contributed by atoms with E-state index in [2.05, 4.69) is 16.7 Å². The van der Waals surface area contributed by atoms with Gasteiger partial charge in [0.05, 0.1) is 12.3 Å². The lowest BCUT2D eigenvalue weighted by atomic mass is 9.81. The summed E-state index contributed by atoms with van der Waals surface area (Å²) in [5.41, 5.74) is 0.684. The van der Waals surface area contributed by atoms with Crippen molar-refractivity contribution >= 4 is 0 Å². The van der Waals surface area contributed by atoms with E-state index in [1.165, 1.54) is 51.6 Å². The number of rotatable bonds is 0. The zero-order chi connectivity index (χ0) is 11.2. The lowest BCUT2D eigenvalue weighted by Gasteiger charge is -2.54. The van der Waals surface area contributed by atoms with Crippen LogP contribution in [-0.4, -0.2) is 35.2 Å². The zero-order valence-electron chi connectivity index (χ0n) is 10.9. The molecule has 0 N–H and O–H groups in total. The monoisotopic (exact) mass is 232 g/mol. The smallest absolute Gasteiger partial charge is 0.0683 e. The summed E-state index contributed by atoms with van der Waals surface area (Å²) in [6, 6.07) is 0. The average molecular weight is 232 g/mol. The number of fused-ring (bicyclic) bond motifs is 8. The molecular formula is C15H24N2. The Morgan fingerprint density at radius 3 is 2.88 bits per heavy atom. The maximum Gasteiger partial charge on any atom is 0.0683 e. The van der Waals surface area contributed by atoms with E-state index in [1.54, 1.807) is 0 Å². The largest absolute Gasteiger partial charge is 0.271 e. The van der Waals surface area contributed by atoms with Gasteiger partial charge in [-0.05, 0) is 48.9 Å². The van der Waals surface area contributed by atoms with Gasteiger partial charge in [-0.25, -0.2) is 0 Å². The predicted molar refractivity (Wildman–Crippen MR) is 67.3 cm³/mol. The molecule has 3 heterocycles. The first-order valence-corrected chi connectivity index (χ1v) is 7.79. The van der Waals surface area contributed by atoms with Crippen LogP contribution in [0.2, 0.25) is 0 Å². The maximum absolute atomic E-state index is 2.92. The van der Waals surface area contributed by atoms with Crippen LogP contribution in [0.5, 0.6) is 0 Å². The van der Waals surface area contributed by atoms with Gasteiger partial charge in [0.25, 0.3) is 0 Å². The molecule has 17 heavy (non-hydrogen) atoms. The second-order valence-corrected chi connectivity index (χ2v) is 7.70. The molecule has 3 aliphatic heterocycles. The van der Waals surface area contributed by atoms with Gasteiger partial charge in [0.2, 0.25) is 0 Å². The van der Waals surface area contributed by atoms with Crippen molar-refractivity contribution in [3.05, 3.63) is 0 Å². The Morgan fingerprint density at radius 2 is 1.94 bits per heavy atom. The van der Waals surface area contributed by atoms with Gasteiger partial charge in [0.1, 0.15) is 0 Å². The van der Waals surface area contributed by atoms with E-state index >= 15 is 0 Å². The molecule has 0 aromatic rings. The summed E-state index contributed by atoms with van der Waals surface area (Å²) >= 11 is 0. The van der Waals surface area contributed by atoms with Crippen molar-refractivity contribution in [2.45, 2.75) is 57.8 Å².